The van der Waals surface area contributed by atoms with Crippen LogP contribution in [0.3, 0.4) is 0 Å². The molecule has 0 fully saturated rings. The zero-order chi connectivity index (χ0) is 12.1. The fourth-order valence-electron chi connectivity index (χ4n) is 1.30. The van der Waals surface area contributed by atoms with Crippen molar-refractivity contribution in [3.8, 4) is 0 Å². The zero-order valence-electron chi connectivity index (χ0n) is 9.38. The number of imidazole rings is 1. The average molecular weight is 235 g/mol. The average Bonchev–Trinajstić information content (AvgIpc) is 2.90. The highest BCUT2D eigenvalue weighted by atomic mass is 16.5. The molecule has 2 heterocycles. The highest BCUT2D eigenvalue weighted by Crippen LogP contribution is 2.06. The minimum Gasteiger partial charge on any atom is -0.360 e. The molecule has 0 aromatic carbocycles. The lowest BCUT2D eigenvalue weighted by Crippen LogP contribution is -2.31. The highest BCUT2D eigenvalue weighted by molar-refractivity contribution is 5.88. The van der Waals surface area contributed by atoms with E-state index in [-0.39, 0.29) is 6.03 Å². The molecule has 0 unspecified atom stereocenters. The Morgan fingerprint density at radius 1 is 1.59 bits per heavy atom. The molecule has 0 saturated carbocycles. The van der Waals surface area contributed by atoms with Crippen LogP contribution in [0.4, 0.5) is 10.6 Å². The molecule has 0 radical (unpaired) electrons. The van der Waals surface area contributed by atoms with Gasteiger partial charge in [0.05, 0.1) is 6.33 Å². The normalized spacial score (nSPS) is 10.2. The van der Waals surface area contributed by atoms with Gasteiger partial charge < -0.3 is 14.4 Å². The van der Waals surface area contributed by atoms with E-state index in [4.69, 9.17) is 4.52 Å². The van der Waals surface area contributed by atoms with Gasteiger partial charge in [-0.25, -0.2) is 9.78 Å². The first-order valence-electron chi connectivity index (χ1n) is 5.18. The van der Waals surface area contributed by atoms with Crippen LogP contribution in [0.25, 0.3) is 0 Å². The number of hydrogen-bond acceptors (Lipinski definition) is 4. The molecule has 2 rings (SSSR count). The third-order valence-electron chi connectivity index (χ3n) is 2.08. The Kier molecular flexibility index (Phi) is 3.39. The molecule has 7 nitrogen and oxygen atoms in total. The van der Waals surface area contributed by atoms with Gasteiger partial charge in [0.1, 0.15) is 5.76 Å². The van der Waals surface area contributed by atoms with Gasteiger partial charge in [0.25, 0.3) is 0 Å². The number of amides is 2. The number of urea groups is 1. The second-order valence-electron chi connectivity index (χ2n) is 3.50. The number of carbonyl (C=O) groups is 1. The summed E-state index contributed by atoms with van der Waals surface area (Å²) in [5.74, 6) is 1.06. The first-order chi connectivity index (χ1) is 8.24. The molecule has 2 aromatic heterocycles. The van der Waals surface area contributed by atoms with Crippen molar-refractivity contribution in [2.45, 2.75) is 13.5 Å². The summed E-state index contributed by atoms with van der Waals surface area (Å²) in [5.41, 5.74) is 0. The van der Waals surface area contributed by atoms with E-state index in [1.165, 1.54) is 0 Å². The van der Waals surface area contributed by atoms with Gasteiger partial charge in [-0.2, -0.15) is 0 Å². The Bertz CT molecular complexity index is 477. The minimum absolute atomic E-state index is 0.307. The Hall–Kier alpha value is -2.31. The molecule has 0 atom stereocenters. The molecule has 17 heavy (non-hydrogen) atoms. The smallest absolute Gasteiger partial charge is 0.320 e. The number of hydrogen-bond donors (Lipinski definition) is 2. The number of anilines is 1. The number of aryl methyl sites for hydroxylation is 1. The molecular formula is C10H13N5O2. The SMILES string of the molecule is Cc1cc(NC(=O)NCCn2ccnc2)no1. The van der Waals surface area contributed by atoms with Crippen molar-refractivity contribution >= 4 is 11.8 Å². The third-order valence-corrected chi connectivity index (χ3v) is 2.08. The number of aromatic nitrogens is 3. The molecule has 2 amide bonds. The summed E-state index contributed by atoms with van der Waals surface area (Å²) in [6.07, 6.45) is 5.22. The van der Waals surface area contributed by atoms with Gasteiger partial charge >= 0.3 is 6.03 Å². The lowest BCUT2D eigenvalue weighted by molar-refractivity contribution is 0.251. The number of nitrogens with zero attached hydrogens (tertiary/aromatic N) is 3. The van der Waals surface area contributed by atoms with E-state index in [0.717, 1.165) is 0 Å². The number of nitrogens with one attached hydrogen (secondary N) is 2. The van der Waals surface area contributed by atoms with E-state index in [1.807, 2.05) is 10.8 Å². The fourth-order valence-corrected chi connectivity index (χ4v) is 1.30. The molecule has 0 aliphatic carbocycles. The molecule has 7 heteroatoms. The molecule has 90 valence electrons. The van der Waals surface area contributed by atoms with Gasteiger partial charge in [-0.1, -0.05) is 5.16 Å². The van der Waals surface area contributed by atoms with E-state index in [1.54, 1.807) is 25.5 Å². The third kappa shape index (κ3) is 3.33. The first-order valence-corrected chi connectivity index (χ1v) is 5.18. The predicted octanol–water partition coefficient (Wildman–Crippen LogP) is 1.00. The standard InChI is InChI=1S/C10H13N5O2/c1-8-6-9(14-17-8)13-10(16)12-3-5-15-4-2-11-7-15/h2,4,6-7H,3,5H2,1H3,(H2,12,13,14,16). The van der Waals surface area contributed by atoms with Crippen molar-refractivity contribution in [2.24, 2.45) is 0 Å². The van der Waals surface area contributed by atoms with E-state index < -0.39 is 0 Å². The second kappa shape index (κ2) is 5.15. The lowest BCUT2D eigenvalue weighted by atomic mass is 10.5. The monoisotopic (exact) mass is 235 g/mol. The van der Waals surface area contributed by atoms with Gasteiger partial charge in [-0.3, -0.25) is 5.32 Å². The van der Waals surface area contributed by atoms with Crippen molar-refractivity contribution in [1.29, 1.82) is 0 Å². The van der Waals surface area contributed by atoms with Crippen molar-refractivity contribution in [2.75, 3.05) is 11.9 Å². The zero-order valence-corrected chi connectivity index (χ0v) is 9.38. The quantitative estimate of drug-likeness (QED) is 0.827. The van der Waals surface area contributed by atoms with Gasteiger partial charge in [-0.15, -0.1) is 0 Å². The van der Waals surface area contributed by atoms with Gasteiger partial charge in [0.15, 0.2) is 5.82 Å². The van der Waals surface area contributed by atoms with Crippen LogP contribution in [-0.4, -0.2) is 27.3 Å². The Morgan fingerprint density at radius 2 is 2.47 bits per heavy atom. The Balaban J connectivity index is 1.71. The summed E-state index contributed by atoms with van der Waals surface area (Å²) in [5, 5.41) is 8.91. The molecule has 0 aliphatic heterocycles. The van der Waals surface area contributed by atoms with E-state index in [2.05, 4.69) is 20.8 Å². The molecular weight excluding hydrogens is 222 g/mol. The number of rotatable bonds is 4. The van der Waals surface area contributed by atoms with Crippen LogP contribution in [0, 0.1) is 6.92 Å². The molecule has 0 bridgehead atoms. The first kappa shape index (κ1) is 11.2. The maximum atomic E-state index is 11.4. The van der Waals surface area contributed by atoms with Crippen molar-refractivity contribution in [1.82, 2.24) is 20.0 Å². The maximum absolute atomic E-state index is 11.4. The van der Waals surface area contributed by atoms with E-state index in [9.17, 15) is 4.79 Å². The summed E-state index contributed by atoms with van der Waals surface area (Å²) < 4.78 is 6.70. The fraction of sp³-hybridized carbons (Fsp3) is 0.300. The van der Waals surface area contributed by atoms with Crippen LogP contribution in [0.5, 0.6) is 0 Å². The van der Waals surface area contributed by atoms with E-state index in [0.29, 0.717) is 24.7 Å². The Morgan fingerprint density at radius 3 is 3.12 bits per heavy atom. The summed E-state index contributed by atoms with van der Waals surface area (Å²) in [4.78, 5) is 15.3. The highest BCUT2D eigenvalue weighted by Gasteiger charge is 2.04. The summed E-state index contributed by atoms with van der Waals surface area (Å²) in [7, 11) is 0. The van der Waals surface area contributed by atoms with Gasteiger partial charge in [-0.05, 0) is 6.92 Å². The minimum atomic E-state index is -0.307. The predicted molar refractivity (Wildman–Crippen MR) is 60.5 cm³/mol. The lowest BCUT2D eigenvalue weighted by Gasteiger charge is -2.05. The van der Waals surface area contributed by atoms with Crippen molar-refractivity contribution in [3.05, 3.63) is 30.5 Å². The van der Waals surface area contributed by atoms with Crippen LogP contribution in [0.2, 0.25) is 0 Å². The van der Waals surface area contributed by atoms with E-state index >= 15 is 0 Å². The number of carbonyl (C=O) groups excluding carboxylic acids is 1. The maximum Gasteiger partial charge on any atom is 0.320 e. The molecule has 0 aliphatic rings. The van der Waals surface area contributed by atoms with Crippen LogP contribution in [-0.2, 0) is 6.54 Å². The van der Waals surface area contributed by atoms with Gasteiger partial charge in [0, 0.05) is 31.5 Å². The van der Waals surface area contributed by atoms with Crippen LogP contribution < -0.4 is 10.6 Å². The summed E-state index contributed by atoms with van der Waals surface area (Å²) in [6.45, 7) is 2.94. The van der Waals surface area contributed by atoms with Gasteiger partial charge in [0.2, 0.25) is 0 Å². The summed E-state index contributed by atoms with van der Waals surface area (Å²) in [6, 6.07) is 1.34. The van der Waals surface area contributed by atoms with Crippen molar-refractivity contribution in [3.63, 3.8) is 0 Å². The van der Waals surface area contributed by atoms with Crippen LogP contribution in [0.15, 0.2) is 29.3 Å². The Labute approximate surface area is 97.8 Å². The molecule has 2 aromatic rings. The van der Waals surface area contributed by atoms with Crippen LogP contribution in [0.1, 0.15) is 5.76 Å². The molecule has 2 N–H and O–H groups in total. The second-order valence-corrected chi connectivity index (χ2v) is 3.50. The molecule has 0 spiro atoms. The molecule has 0 saturated heterocycles. The largest absolute Gasteiger partial charge is 0.360 e. The van der Waals surface area contributed by atoms with Crippen LogP contribution >= 0.6 is 0 Å². The van der Waals surface area contributed by atoms with Crippen molar-refractivity contribution < 1.29 is 9.32 Å². The topological polar surface area (TPSA) is 85.0 Å². The summed E-state index contributed by atoms with van der Waals surface area (Å²) >= 11 is 0.